The number of benzene rings is 2. The number of aromatic nitrogens is 1. The number of para-hydroxylation sites is 1. The second kappa shape index (κ2) is 7.28. The van der Waals surface area contributed by atoms with Crippen molar-refractivity contribution in [1.82, 2.24) is 9.88 Å². The van der Waals surface area contributed by atoms with Crippen LogP contribution in [0.5, 0.6) is 0 Å². The number of halogens is 1. The van der Waals surface area contributed by atoms with E-state index >= 15 is 0 Å². The van der Waals surface area contributed by atoms with Crippen LogP contribution in [0.1, 0.15) is 23.5 Å². The Hall–Kier alpha value is -1.98. The summed E-state index contributed by atoms with van der Waals surface area (Å²) in [6.45, 7) is 2.00. The molecule has 0 saturated heterocycles. The number of likely N-dealkylation sites (N-methyl/N-ethyl adjacent to an activating group) is 1. The highest BCUT2D eigenvalue weighted by Crippen LogP contribution is 2.29. The van der Waals surface area contributed by atoms with Gasteiger partial charge in [-0.25, -0.2) is 4.98 Å². The minimum Gasteiger partial charge on any atom is -0.333 e. The van der Waals surface area contributed by atoms with E-state index in [1.165, 1.54) is 0 Å². The molecule has 1 heterocycles. The maximum atomic E-state index is 12.5. The predicted molar refractivity (Wildman–Crippen MR) is 104 cm³/mol. The SMILES string of the molecule is C[C@@H](c1nc2ccccc2s1)N(C)C(=O)/C=C/c1ccccc1Br. The van der Waals surface area contributed by atoms with Crippen LogP contribution in [0.4, 0.5) is 0 Å². The van der Waals surface area contributed by atoms with Gasteiger partial charge in [-0.15, -0.1) is 11.3 Å². The number of nitrogens with zero attached hydrogens (tertiary/aromatic N) is 2. The Bertz CT molecular complexity index is 870. The van der Waals surface area contributed by atoms with Gasteiger partial charge in [-0.05, 0) is 36.8 Å². The molecule has 0 bridgehead atoms. The van der Waals surface area contributed by atoms with Crippen molar-refractivity contribution in [2.45, 2.75) is 13.0 Å². The lowest BCUT2D eigenvalue weighted by molar-refractivity contribution is -0.126. The maximum absolute atomic E-state index is 12.5. The standard InChI is InChI=1S/C19H17BrN2OS/c1-13(19-21-16-9-5-6-10-17(16)24-19)22(2)18(23)12-11-14-7-3-4-8-15(14)20/h3-13H,1-2H3/b12-11+/t13-/m0/s1. The number of rotatable bonds is 4. The largest absolute Gasteiger partial charge is 0.333 e. The van der Waals surface area contributed by atoms with Gasteiger partial charge in [0.25, 0.3) is 0 Å². The first-order valence-electron chi connectivity index (χ1n) is 7.61. The average Bonchev–Trinajstić information content (AvgIpc) is 3.03. The van der Waals surface area contributed by atoms with E-state index < -0.39 is 0 Å². The molecule has 2 aromatic carbocycles. The fourth-order valence-corrected chi connectivity index (χ4v) is 3.79. The summed E-state index contributed by atoms with van der Waals surface area (Å²) >= 11 is 5.12. The van der Waals surface area contributed by atoms with Crippen LogP contribution in [-0.2, 0) is 4.79 Å². The van der Waals surface area contributed by atoms with Gasteiger partial charge in [0.05, 0.1) is 16.3 Å². The number of hydrogen-bond acceptors (Lipinski definition) is 3. The number of thiazole rings is 1. The molecule has 1 amide bonds. The minimum atomic E-state index is -0.0706. The summed E-state index contributed by atoms with van der Waals surface area (Å²) in [5, 5.41) is 0.946. The van der Waals surface area contributed by atoms with E-state index in [1.807, 2.05) is 62.5 Å². The molecule has 1 atom stereocenters. The second-order valence-electron chi connectivity index (χ2n) is 5.50. The first kappa shape index (κ1) is 16.9. The summed E-state index contributed by atoms with van der Waals surface area (Å²) in [4.78, 5) is 18.8. The summed E-state index contributed by atoms with van der Waals surface area (Å²) in [5.74, 6) is -0.0440. The molecule has 0 saturated carbocycles. The summed E-state index contributed by atoms with van der Waals surface area (Å²) in [7, 11) is 1.81. The van der Waals surface area contributed by atoms with E-state index in [1.54, 1.807) is 22.3 Å². The summed E-state index contributed by atoms with van der Waals surface area (Å²) in [6, 6.07) is 15.8. The highest BCUT2D eigenvalue weighted by atomic mass is 79.9. The molecule has 5 heteroatoms. The number of hydrogen-bond donors (Lipinski definition) is 0. The van der Waals surface area contributed by atoms with Gasteiger partial charge in [0, 0.05) is 17.6 Å². The molecule has 0 aliphatic carbocycles. The highest BCUT2D eigenvalue weighted by Gasteiger charge is 2.19. The third kappa shape index (κ3) is 3.57. The van der Waals surface area contributed by atoms with Crippen molar-refractivity contribution in [1.29, 1.82) is 0 Å². The van der Waals surface area contributed by atoms with Crippen LogP contribution in [0.3, 0.4) is 0 Å². The summed E-state index contributed by atoms with van der Waals surface area (Å²) in [5.41, 5.74) is 1.96. The predicted octanol–water partition coefficient (Wildman–Crippen LogP) is 5.29. The van der Waals surface area contributed by atoms with Crippen molar-refractivity contribution in [2.24, 2.45) is 0 Å². The van der Waals surface area contributed by atoms with E-state index in [4.69, 9.17) is 0 Å². The molecule has 0 radical (unpaired) electrons. The Balaban J connectivity index is 1.76. The number of carbonyl (C=O) groups is 1. The Kier molecular flexibility index (Phi) is 5.11. The molecule has 0 unspecified atom stereocenters. The van der Waals surface area contributed by atoms with Gasteiger partial charge in [-0.3, -0.25) is 4.79 Å². The van der Waals surface area contributed by atoms with Gasteiger partial charge in [-0.2, -0.15) is 0 Å². The Morgan fingerprint density at radius 3 is 2.67 bits per heavy atom. The lowest BCUT2D eigenvalue weighted by Gasteiger charge is -2.21. The van der Waals surface area contributed by atoms with Crippen molar-refractivity contribution < 1.29 is 4.79 Å². The van der Waals surface area contributed by atoms with Crippen LogP contribution in [-0.4, -0.2) is 22.8 Å². The van der Waals surface area contributed by atoms with E-state index in [0.717, 1.165) is 25.3 Å². The normalized spacial score (nSPS) is 12.6. The zero-order valence-electron chi connectivity index (χ0n) is 13.4. The molecule has 0 aliphatic heterocycles. The lowest BCUT2D eigenvalue weighted by atomic mass is 10.2. The van der Waals surface area contributed by atoms with Crippen molar-refractivity contribution in [3.8, 4) is 0 Å². The van der Waals surface area contributed by atoms with Gasteiger partial charge in [0.2, 0.25) is 5.91 Å². The Labute approximate surface area is 153 Å². The molecular weight excluding hydrogens is 384 g/mol. The van der Waals surface area contributed by atoms with Gasteiger partial charge >= 0.3 is 0 Å². The Morgan fingerprint density at radius 1 is 1.21 bits per heavy atom. The van der Waals surface area contributed by atoms with Crippen molar-refractivity contribution in [3.05, 3.63) is 69.7 Å². The van der Waals surface area contributed by atoms with E-state index in [-0.39, 0.29) is 11.9 Å². The van der Waals surface area contributed by atoms with Crippen LogP contribution in [0.15, 0.2) is 59.1 Å². The molecular formula is C19H17BrN2OS. The van der Waals surface area contributed by atoms with Gasteiger partial charge in [0.1, 0.15) is 5.01 Å². The molecule has 3 aromatic rings. The smallest absolute Gasteiger partial charge is 0.246 e. The second-order valence-corrected chi connectivity index (χ2v) is 7.42. The van der Waals surface area contributed by atoms with Crippen molar-refractivity contribution >= 4 is 49.5 Å². The number of fused-ring (bicyclic) bond motifs is 1. The fraction of sp³-hybridized carbons (Fsp3) is 0.158. The molecule has 0 spiro atoms. The number of carbonyl (C=O) groups excluding carboxylic acids is 1. The lowest BCUT2D eigenvalue weighted by Crippen LogP contribution is -2.27. The first-order chi connectivity index (χ1) is 11.6. The van der Waals surface area contributed by atoms with E-state index in [9.17, 15) is 4.79 Å². The topological polar surface area (TPSA) is 33.2 Å². The molecule has 3 rings (SSSR count). The van der Waals surface area contributed by atoms with Crippen LogP contribution in [0.25, 0.3) is 16.3 Å². The number of amides is 1. The molecule has 0 aliphatic rings. The quantitative estimate of drug-likeness (QED) is 0.557. The summed E-state index contributed by atoms with van der Waals surface area (Å²) < 4.78 is 2.11. The van der Waals surface area contributed by atoms with Crippen LogP contribution >= 0.6 is 27.3 Å². The maximum Gasteiger partial charge on any atom is 0.246 e. The molecule has 3 nitrogen and oxygen atoms in total. The van der Waals surface area contributed by atoms with E-state index in [2.05, 4.69) is 27.0 Å². The van der Waals surface area contributed by atoms with Gasteiger partial charge in [0.15, 0.2) is 0 Å². The average molecular weight is 401 g/mol. The Morgan fingerprint density at radius 2 is 1.92 bits per heavy atom. The van der Waals surface area contributed by atoms with Crippen LogP contribution in [0, 0.1) is 0 Å². The third-order valence-corrected chi connectivity index (χ3v) is 5.84. The zero-order chi connectivity index (χ0) is 17.1. The first-order valence-corrected chi connectivity index (χ1v) is 9.22. The molecule has 0 N–H and O–H groups in total. The van der Waals surface area contributed by atoms with Crippen molar-refractivity contribution in [3.63, 3.8) is 0 Å². The van der Waals surface area contributed by atoms with Crippen molar-refractivity contribution in [2.75, 3.05) is 7.05 Å². The molecule has 1 aromatic heterocycles. The molecule has 0 fully saturated rings. The monoisotopic (exact) mass is 400 g/mol. The minimum absolute atomic E-state index is 0.0440. The van der Waals surface area contributed by atoms with E-state index in [0.29, 0.717) is 0 Å². The van der Waals surface area contributed by atoms with Crippen LogP contribution in [0.2, 0.25) is 0 Å². The van der Waals surface area contributed by atoms with Crippen LogP contribution < -0.4 is 0 Å². The zero-order valence-corrected chi connectivity index (χ0v) is 15.8. The van der Waals surface area contributed by atoms with Gasteiger partial charge in [-0.1, -0.05) is 46.3 Å². The highest BCUT2D eigenvalue weighted by molar-refractivity contribution is 9.10. The van der Waals surface area contributed by atoms with Gasteiger partial charge < -0.3 is 4.90 Å². The fourth-order valence-electron chi connectivity index (χ4n) is 2.31. The third-order valence-electron chi connectivity index (χ3n) is 3.91. The molecule has 24 heavy (non-hydrogen) atoms. The molecule has 122 valence electrons. The summed E-state index contributed by atoms with van der Waals surface area (Å²) in [6.07, 6.45) is 3.43.